The van der Waals surface area contributed by atoms with Gasteiger partial charge in [-0.05, 0) is 6.07 Å². The average Bonchev–Trinajstić information content (AvgIpc) is 2.11. The van der Waals surface area contributed by atoms with E-state index in [4.69, 9.17) is 9.90 Å². The molecule has 6 heteroatoms. The number of rotatable bonds is 0. The minimum Gasteiger partial charge on any atom is -0.481 e. The fourth-order valence-electron chi connectivity index (χ4n) is 0.215. The molecule has 0 radical (unpaired) electrons. The second kappa shape index (κ2) is 12.1. The van der Waals surface area contributed by atoms with Gasteiger partial charge in [-0.25, -0.2) is 0 Å². The van der Waals surface area contributed by atoms with Crippen LogP contribution in [0.25, 0.3) is 0 Å². The Hall–Kier alpha value is -0.594. The van der Waals surface area contributed by atoms with Gasteiger partial charge in [0.25, 0.3) is 5.97 Å². The van der Waals surface area contributed by atoms with E-state index in [0.717, 1.165) is 6.92 Å². The zero-order valence-electron chi connectivity index (χ0n) is 5.53. The number of aliphatic carboxylic acids is 1. The number of carboxylic acids is 1. The summed E-state index contributed by atoms with van der Waals surface area (Å²) in [4.78, 5) is 9.00. The van der Waals surface area contributed by atoms with Crippen LogP contribution in [0.4, 0.5) is 0 Å². The molecule has 0 bridgehead atoms. The van der Waals surface area contributed by atoms with E-state index < -0.39 is 5.97 Å². The normalized spacial score (nSPS) is 5.91. The Bertz CT molecular complexity index is 134. The first-order valence-electron chi connectivity index (χ1n) is 2.36. The fraction of sp³-hybridized carbons (Fsp3) is 0.200. The van der Waals surface area contributed by atoms with Crippen molar-refractivity contribution in [1.82, 2.24) is 10.2 Å². The van der Waals surface area contributed by atoms with Gasteiger partial charge in [0.2, 0.25) is 0 Å². The number of nitrogens with zero attached hydrogens (tertiary/aromatic N) is 1. The summed E-state index contributed by atoms with van der Waals surface area (Å²) in [6.07, 6.45) is 3.46. The first-order chi connectivity index (χ1) is 4.23. The SMILES string of the molecule is CC(=O)O.O.[MgH2].c1cn[nH]c1. The van der Waals surface area contributed by atoms with Crippen molar-refractivity contribution in [2.45, 2.75) is 6.92 Å². The first-order valence-corrected chi connectivity index (χ1v) is 2.36. The smallest absolute Gasteiger partial charge is 0.316 e. The van der Waals surface area contributed by atoms with E-state index in [0.29, 0.717) is 0 Å². The van der Waals surface area contributed by atoms with Crippen LogP contribution in [0.15, 0.2) is 18.5 Å². The molecule has 0 atom stereocenters. The van der Waals surface area contributed by atoms with Crippen molar-refractivity contribution in [2.24, 2.45) is 0 Å². The number of aromatic nitrogens is 2. The van der Waals surface area contributed by atoms with Crippen molar-refractivity contribution in [3.05, 3.63) is 18.5 Å². The topological polar surface area (TPSA) is 97.5 Å². The molecule has 0 aromatic carbocycles. The van der Waals surface area contributed by atoms with Crippen LogP contribution in [-0.4, -0.2) is 49.8 Å². The van der Waals surface area contributed by atoms with Gasteiger partial charge in [-0.15, -0.1) is 0 Å². The molecule has 5 nitrogen and oxygen atoms in total. The summed E-state index contributed by atoms with van der Waals surface area (Å²) in [5.74, 6) is -0.833. The fourth-order valence-corrected chi connectivity index (χ4v) is 0.215. The molecule has 0 fully saturated rings. The van der Waals surface area contributed by atoms with Gasteiger partial charge in [0.1, 0.15) is 0 Å². The molecule has 11 heavy (non-hydrogen) atoms. The average molecular weight is 172 g/mol. The lowest BCUT2D eigenvalue weighted by Gasteiger charge is -1.59. The number of nitrogens with one attached hydrogen (secondary N) is 1. The molecule has 0 amide bonds. The lowest BCUT2D eigenvalue weighted by Crippen LogP contribution is -1.78. The number of hydrogen-bond donors (Lipinski definition) is 2. The third-order valence-electron chi connectivity index (χ3n) is 0.406. The molecule has 1 aromatic rings. The highest BCUT2D eigenvalue weighted by Gasteiger charge is 1.65. The maximum Gasteiger partial charge on any atom is 0.316 e. The number of carboxylic acid groups (broad SMARTS) is 1. The molecule has 1 aromatic heterocycles. The Morgan fingerprint density at radius 1 is 1.64 bits per heavy atom. The highest BCUT2D eigenvalue weighted by atomic mass is 24.3. The van der Waals surface area contributed by atoms with Crippen LogP contribution in [0, 0.1) is 0 Å². The summed E-state index contributed by atoms with van der Waals surface area (Å²) in [5.41, 5.74) is 0. The largest absolute Gasteiger partial charge is 0.481 e. The minimum atomic E-state index is -0.833. The highest BCUT2D eigenvalue weighted by Crippen LogP contribution is 1.64. The Morgan fingerprint density at radius 2 is 2.09 bits per heavy atom. The summed E-state index contributed by atoms with van der Waals surface area (Å²) in [7, 11) is 0. The molecule has 1 heterocycles. The zero-order chi connectivity index (χ0) is 7.11. The second-order valence-corrected chi connectivity index (χ2v) is 1.29. The molecule has 0 saturated heterocycles. The summed E-state index contributed by atoms with van der Waals surface area (Å²) in [6, 6.07) is 1.83. The van der Waals surface area contributed by atoms with Crippen LogP contribution in [0.3, 0.4) is 0 Å². The van der Waals surface area contributed by atoms with Gasteiger partial charge in [0, 0.05) is 19.3 Å². The van der Waals surface area contributed by atoms with E-state index in [1.54, 1.807) is 12.4 Å². The molecular weight excluding hydrogens is 160 g/mol. The lowest BCUT2D eigenvalue weighted by atomic mass is 10.8. The summed E-state index contributed by atoms with van der Waals surface area (Å²) in [5, 5.41) is 13.6. The maximum absolute atomic E-state index is 9.00. The summed E-state index contributed by atoms with van der Waals surface area (Å²) < 4.78 is 0. The Balaban J connectivity index is -0.000000101. The third-order valence-corrected chi connectivity index (χ3v) is 0.406. The van der Waals surface area contributed by atoms with Crippen LogP contribution in [0.1, 0.15) is 6.92 Å². The Labute approximate surface area is 80.3 Å². The van der Waals surface area contributed by atoms with E-state index in [1.807, 2.05) is 6.07 Å². The summed E-state index contributed by atoms with van der Waals surface area (Å²) >= 11 is 0. The molecule has 1 rings (SSSR count). The van der Waals surface area contributed by atoms with E-state index >= 15 is 0 Å². The van der Waals surface area contributed by atoms with Crippen molar-refractivity contribution in [1.29, 1.82) is 0 Å². The van der Waals surface area contributed by atoms with E-state index in [2.05, 4.69) is 10.2 Å². The van der Waals surface area contributed by atoms with Crippen molar-refractivity contribution in [2.75, 3.05) is 0 Å². The number of H-pyrrole nitrogens is 1. The van der Waals surface area contributed by atoms with E-state index in [1.165, 1.54) is 0 Å². The van der Waals surface area contributed by atoms with Gasteiger partial charge in [-0.1, -0.05) is 0 Å². The molecule has 62 valence electrons. The van der Waals surface area contributed by atoms with E-state index in [-0.39, 0.29) is 28.5 Å². The molecule has 0 saturated carbocycles. The van der Waals surface area contributed by atoms with Gasteiger partial charge < -0.3 is 10.6 Å². The Kier molecular flexibility index (Phi) is 18.5. The van der Waals surface area contributed by atoms with Gasteiger partial charge >= 0.3 is 23.1 Å². The highest BCUT2D eigenvalue weighted by molar-refractivity contribution is 5.75. The molecular formula is C5H12MgN2O3. The molecule has 0 aliphatic heterocycles. The van der Waals surface area contributed by atoms with Gasteiger partial charge in [0.15, 0.2) is 0 Å². The van der Waals surface area contributed by atoms with Crippen LogP contribution in [-0.2, 0) is 4.79 Å². The summed E-state index contributed by atoms with van der Waals surface area (Å²) in [6.45, 7) is 1.08. The van der Waals surface area contributed by atoms with Crippen LogP contribution in [0.5, 0.6) is 0 Å². The standard InChI is InChI=1S/C3H4N2.C2H4O2.Mg.H2O.2H/c1-2-4-5-3-1;1-2(3)4;;;;/h1-3H,(H,4,5);1H3,(H,3,4);;1H2;;. The quantitative estimate of drug-likeness (QED) is 0.479. The van der Waals surface area contributed by atoms with Crippen molar-refractivity contribution in [3.63, 3.8) is 0 Å². The first kappa shape index (κ1) is 16.8. The van der Waals surface area contributed by atoms with Crippen LogP contribution in [0.2, 0.25) is 0 Å². The Morgan fingerprint density at radius 3 is 2.18 bits per heavy atom. The number of hydrogen-bond acceptors (Lipinski definition) is 2. The minimum absolute atomic E-state index is 0. The molecule has 4 N–H and O–H groups in total. The van der Waals surface area contributed by atoms with E-state index in [9.17, 15) is 0 Å². The van der Waals surface area contributed by atoms with Crippen molar-refractivity contribution < 1.29 is 15.4 Å². The lowest BCUT2D eigenvalue weighted by molar-refractivity contribution is -0.134. The maximum atomic E-state index is 9.00. The number of carbonyl (C=O) groups is 1. The molecule has 0 aliphatic rings. The molecule has 0 spiro atoms. The third kappa shape index (κ3) is 26.6. The zero-order valence-corrected chi connectivity index (χ0v) is 5.53. The predicted molar refractivity (Wildman–Crippen MR) is 44.1 cm³/mol. The van der Waals surface area contributed by atoms with Gasteiger partial charge in [0.05, 0.1) is 0 Å². The van der Waals surface area contributed by atoms with Gasteiger partial charge in [-0.3, -0.25) is 9.89 Å². The molecule has 0 aliphatic carbocycles. The van der Waals surface area contributed by atoms with Crippen LogP contribution < -0.4 is 0 Å². The van der Waals surface area contributed by atoms with Crippen LogP contribution >= 0.6 is 0 Å². The van der Waals surface area contributed by atoms with Gasteiger partial charge in [-0.2, -0.15) is 5.10 Å². The van der Waals surface area contributed by atoms with Crippen molar-refractivity contribution >= 4 is 29.0 Å². The second-order valence-electron chi connectivity index (χ2n) is 1.29. The monoisotopic (exact) mass is 172 g/mol. The predicted octanol–water partition coefficient (Wildman–Crippen LogP) is -1.24. The number of aromatic amines is 1. The van der Waals surface area contributed by atoms with Crippen molar-refractivity contribution in [3.8, 4) is 0 Å². The molecule has 0 unspecified atom stereocenters.